The maximum absolute atomic E-state index is 8.96. The zero-order valence-corrected chi connectivity index (χ0v) is 9.66. The molecule has 1 unspecified atom stereocenters. The van der Waals surface area contributed by atoms with Crippen LogP contribution in [0.25, 0.3) is 0 Å². The highest BCUT2D eigenvalue weighted by molar-refractivity contribution is 6.00. The van der Waals surface area contributed by atoms with Crippen molar-refractivity contribution in [2.75, 3.05) is 26.7 Å². The fourth-order valence-electron chi connectivity index (χ4n) is 2.54. The molecule has 84 valence electrons. The quantitative estimate of drug-likeness (QED) is 0.529. The van der Waals surface area contributed by atoms with E-state index in [1.54, 1.807) is 0 Å². The summed E-state index contributed by atoms with van der Waals surface area (Å²) in [5.74, 6) is 0.955. The summed E-state index contributed by atoms with van der Waals surface area (Å²) in [6.45, 7) is 3.36. The van der Waals surface area contributed by atoms with Crippen LogP contribution < -0.4 is 0 Å². The smallest absolute Gasteiger partial charge is 0.161 e. The molecule has 0 aromatic heterocycles. The minimum Gasteiger partial charge on any atom is -0.398 e. The zero-order valence-electron chi connectivity index (χ0n) is 8.85. The number of oxime groups is 1. The third-order valence-electron chi connectivity index (χ3n) is 3.31. The average molecular weight is 230 g/mol. The van der Waals surface area contributed by atoms with E-state index in [9.17, 15) is 0 Å². The molecule has 0 spiro atoms. The Hall–Kier alpha value is -0.790. The van der Waals surface area contributed by atoms with Crippen LogP contribution in [0.5, 0.6) is 0 Å². The normalized spacial score (nSPS) is 34.1. The summed E-state index contributed by atoms with van der Waals surface area (Å²) in [5.41, 5.74) is 0.571. The molecular weight excluding hydrogens is 214 g/mol. The monoisotopic (exact) mass is 229 g/mol. The molecule has 2 bridgehead atoms. The lowest BCUT2D eigenvalue weighted by molar-refractivity contribution is 0.0800. The minimum absolute atomic E-state index is 0. The van der Waals surface area contributed by atoms with E-state index in [0.29, 0.717) is 17.5 Å². The Morgan fingerprint density at radius 1 is 1.47 bits per heavy atom. The molecule has 0 saturated carbocycles. The van der Waals surface area contributed by atoms with Crippen LogP contribution in [0.4, 0.5) is 0 Å². The van der Waals surface area contributed by atoms with Crippen LogP contribution in [0.2, 0.25) is 0 Å². The van der Waals surface area contributed by atoms with Crippen molar-refractivity contribution in [3.05, 3.63) is 0 Å². The highest BCUT2D eigenvalue weighted by Crippen LogP contribution is 2.33. The lowest BCUT2D eigenvalue weighted by Crippen LogP contribution is -2.49. The van der Waals surface area contributed by atoms with Gasteiger partial charge in [0.15, 0.2) is 5.71 Å². The van der Waals surface area contributed by atoms with Crippen LogP contribution in [-0.2, 0) is 4.84 Å². The summed E-state index contributed by atoms with van der Waals surface area (Å²) < 4.78 is 0. The Morgan fingerprint density at radius 2 is 2.13 bits per heavy atom. The Labute approximate surface area is 96.3 Å². The maximum Gasteiger partial charge on any atom is 0.161 e. The van der Waals surface area contributed by atoms with E-state index in [4.69, 9.17) is 10.1 Å². The molecule has 3 heterocycles. The second-order valence-electron chi connectivity index (χ2n) is 4.02. The van der Waals surface area contributed by atoms with Crippen LogP contribution in [0, 0.1) is 23.2 Å². The van der Waals surface area contributed by atoms with Crippen molar-refractivity contribution in [2.45, 2.75) is 12.8 Å². The van der Waals surface area contributed by atoms with E-state index < -0.39 is 0 Å². The largest absolute Gasteiger partial charge is 0.398 e. The fraction of sp³-hybridized carbons (Fsp3) is 0.800. The van der Waals surface area contributed by atoms with Crippen molar-refractivity contribution in [3.8, 4) is 6.07 Å². The maximum atomic E-state index is 8.96. The zero-order chi connectivity index (χ0) is 9.97. The van der Waals surface area contributed by atoms with Crippen LogP contribution >= 0.6 is 12.4 Å². The SMILES string of the molecule is CO/N=C(/C#N)C1CN2CCC1CC2.Cl. The average Bonchev–Trinajstić information content (AvgIpc) is 2.27. The second kappa shape index (κ2) is 5.34. The number of nitriles is 1. The predicted molar refractivity (Wildman–Crippen MR) is 60.0 cm³/mol. The van der Waals surface area contributed by atoms with Gasteiger partial charge in [0.1, 0.15) is 13.2 Å². The van der Waals surface area contributed by atoms with E-state index in [-0.39, 0.29) is 12.4 Å². The second-order valence-corrected chi connectivity index (χ2v) is 4.02. The molecule has 3 aliphatic rings. The van der Waals surface area contributed by atoms with E-state index >= 15 is 0 Å². The number of hydrogen-bond donors (Lipinski definition) is 0. The van der Waals surface area contributed by atoms with Crippen LogP contribution in [0.1, 0.15) is 12.8 Å². The molecular formula is C10H16ClN3O. The summed E-state index contributed by atoms with van der Waals surface area (Å²) in [5, 5.41) is 12.8. The standard InChI is InChI=1S/C10H15N3O.ClH/c1-14-12-10(6-11)9-7-13-4-2-8(9)3-5-13;/h8-9H,2-5,7H2,1H3;1H/b12-10-;. The topological polar surface area (TPSA) is 48.6 Å². The lowest BCUT2D eigenvalue weighted by Gasteiger charge is -2.43. The molecule has 0 radical (unpaired) electrons. The van der Waals surface area contributed by atoms with Gasteiger partial charge in [-0.1, -0.05) is 5.16 Å². The number of rotatable bonds is 2. The van der Waals surface area contributed by atoms with Gasteiger partial charge in [0.2, 0.25) is 0 Å². The number of halogens is 1. The van der Waals surface area contributed by atoms with Crippen molar-refractivity contribution in [1.82, 2.24) is 4.90 Å². The molecule has 3 rings (SSSR count). The summed E-state index contributed by atoms with van der Waals surface area (Å²) >= 11 is 0. The van der Waals surface area contributed by atoms with Gasteiger partial charge in [-0.2, -0.15) is 5.26 Å². The van der Waals surface area contributed by atoms with Crippen molar-refractivity contribution in [2.24, 2.45) is 17.0 Å². The molecule has 0 N–H and O–H groups in total. The van der Waals surface area contributed by atoms with Gasteiger partial charge < -0.3 is 9.74 Å². The van der Waals surface area contributed by atoms with Crippen LogP contribution in [0.3, 0.4) is 0 Å². The Kier molecular flexibility index (Phi) is 4.37. The van der Waals surface area contributed by atoms with Crippen molar-refractivity contribution < 1.29 is 4.84 Å². The molecule has 3 saturated heterocycles. The highest BCUT2D eigenvalue weighted by Gasteiger charge is 2.37. The van der Waals surface area contributed by atoms with Gasteiger partial charge in [0, 0.05) is 12.5 Å². The lowest BCUT2D eigenvalue weighted by atomic mass is 9.77. The first-order valence-electron chi connectivity index (χ1n) is 5.08. The van der Waals surface area contributed by atoms with Crippen molar-refractivity contribution >= 4 is 18.1 Å². The third-order valence-corrected chi connectivity index (χ3v) is 3.31. The van der Waals surface area contributed by atoms with Gasteiger partial charge in [-0.15, -0.1) is 12.4 Å². The Morgan fingerprint density at radius 3 is 2.53 bits per heavy atom. The molecule has 0 aromatic rings. The molecule has 4 nitrogen and oxygen atoms in total. The molecule has 1 atom stereocenters. The van der Waals surface area contributed by atoms with E-state index in [2.05, 4.69) is 16.1 Å². The molecule has 0 aromatic carbocycles. The summed E-state index contributed by atoms with van der Waals surface area (Å²) in [6.07, 6.45) is 2.41. The highest BCUT2D eigenvalue weighted by atomic mass is 35.5. The Balaban J connectivity index is 0.00000112. The molecule has 0 amide bonds. The summed E-state index contributed by atoms with van der Waals surface area (Å²) in [7, 11) is 1.50. The fourth-order valence-corrected chi connectivity index (χ4v) is 2.54. The first-order valence-corrected chi connectivity index (χ1v) is 5.08. The van der Waals surface area contributed by atoms with Crippen LogP contribution in [-0.4, -0.2) is 37.4 Å². The molecule has 5 heteroatoms. The van der Waals surface area contributed by atoms with Gasteiger partial charge in [-0.05, 0) is 31.8 Å². The first kappa shape index (κ1) is 12.3. The van der Waals surface area contributed by atoms with Gasteiger partial charge >= 0.3 is 0 Å². The van der Waals surface area contributed by atoms with E-state index in [1.165, 1.54) is 33.0 Å². The summed E-state index contributed by atoms with van der Waals surface area (Å²) in [6, 6.07) is 2.16. The minimum atomic E-state index is 0. The Bertz CT molecular complexity index is 279. The van der Waals surface area contributed by atoms with Gasteiger partial charge in [-0.3, -0.25) is 0 Å². The van der Waals surface area contributed by atoms with Gasteiger partial charge in [-0.25, -0.2) is 0 Å². The van der Waals surface area contributed by atoms with Gasteiger partial charge in [0.25, 0.3) is 0 Å². The van der Waals surface area contributed by atoms with Gasteiger partial charge in [0.05, 0.1) is 0 Å². The predicted octanol–water partition coefficient (Wildman–Crippen LogP) is 1.28. The number of nitrogens with zero attached hydrogens (tertiary/aromatic N) is 3. The van der Waals surface area contributed by atoms with E-state index in [0.717, 1.165) is 6.54 Å². The molecule has 0 aliphatic carbocycles. The van der Waals surface area contributed by atoms with Crippen LogP contribution in [0.15, 0.2) is 5.16 Å². The molecule has 15 heavy (non-hydrogen) atoms. The molecule has 3 aliphatic heterocycles. The van der Waals surface area contributed by atoms with Crippen molar-refractivity contribution in [1.29, 1.82) is 5.26 Å². The summed E-state index contributed by atoms with van der Waals surface area (Å²) in [4.78, 5) is 7.11. The number of hydrogen-bond acceptors (Lipinski definition) is 4. The third kappa shape index (κ3) is 2.42. The van der Waals surface area contributed by atoms with Crippen molar-refractivity contribution in [3.63, 3.8) is 0 Å². The number of fused-ring (bicyclic) bond motifs is 3. The number of piperidine rings is 3. The van der Waals surface area contributed by atoms with E-state index in [1.807, 2.05) is 0 Å². The molecule has 3 fully saturated rings. The first-order chi connectivity index (χ1) is 6.85.